The van der Waals surface area contributed by atoms with Gasteiger partial charge in [-0.1, -0.05) is 36.4 Å². The van der Waals surface area contributed by atoms with Crippen molar-refractivity contribution in [3.8, 4) is 22.4 Å². The van der Waals surface area contributed by atoms with Crippen molar-refractivity contribution in [1.82, 2.24) is 19.6 Å². The van der Waals surface area contributed by atoms with Gasteiger partial charge in [0.05, 0.1) is 42.5 Å². The van der Waals surface area contributed by atoms with Crippen molar-refractivity contribution in [2.75, 3.05) is 26.1 Å². The summed E-state index contributed by atoms with van der Waals surface area (Å²) in [5.74, 6) is 0.377. The van der Waals surface area contributed by atoms with Crippen LogP contribution in [0.2, 0.25) is 0 Å². The van der Waals surface area contributed by atoms with Crippen molar-refractivity contribution >= 4 is 23.4 Å². The number of benzene rings is 1. The van der Waals surface area contributed by atoms with E-state index in [9.17, 15) is 4.79 Å². The number of aromatic nitrogens is 4. The van der Waals surface area contributed by atoms with Crippen molar-refractivity contribution in [3.63, 3.8) is 0 Å². The van der Waals surface area contributed by atoms with E-state index in [1.54, 1.807) is 24.7 Å². The molecule has 1 fully saturated rings. The highest BCUT2D eigenvalue weighted by atomic mass is 16.6. The molecule has 1 aliphatic rings. The first-order chi connectivity index (χ1) is 19.3. The van der Waals surface area contributed by atoms with Gasteiger partial charge in [0.1, 0.15) is 5.82 Å². The summed E-state index contributed by atoms with van der Waals surface area (Å²) in [6.45, 7) is 2.73. The zero-order valence-electron chi connectivity index (χ0n) is 22.5. The molecule has 4 aromatic rings. The van der Waals surface area contributed by atoms with Crippen LogP contribution < -0.4 is 5.73 Å². The van der Waals surface area contributed by atoms with Crippen LogP contribution in [0.4, 0.5) is 10.6 Å². The number of rotatable bonds is 8. The van der Waals surface area contributed by atoms with Crippen LogP contribution in [0.1, 0.15) is 54.6 Å². The monoisotopic (exact) mass is 547 g/mol. The number of hydrogen-bond acceptors (Lipinski definition) is 8. The number of methoxy groups -OCH3 is 1. The van der Waals surface area contributed by atoms with Crippen molar-refractivity contribution in [2.45, 2.75) is 44.6 Å². The van der Waals surface area contributed by atoms with Gasteiger partial charge in [0.2, 0.25) is 0 Å². The summed E-state index contributed by atoms with van der Waals surface area (Å²) >= 11 is 0. The van der Waals surface area contributed by atoms with Crippen LogP contribution in [0.3, 0.4) is 0 Å². The van der Waals surface area contributed by atoms with E-state index in [-0.39, 0.29) is 17.8 Å². The van der Waals surface area contributed by atoms with Crippen LogP contribution in [0.5, 0.6) is 0 Å². The fraction of sp³-hybridized carbons (Fsp3) is 0.345. The molecule has 0 bridgehead atoms. The first kappa shape index (κ1) is 28.7. The summed E-state index contributed by atoms with van der Waals surface area (Å²) in [5.41, 5.74) is 12.1. The Morgan fingerprint density at radius 2 is 1.70 bits per heavy atom. The van der Waals surface area contributed by atoms with Crippen molar-refractivity contribution in [2.24, 2.45) is 0 Å². The predicted molar refractivity (Wildman–Crippen MR) is 150 cm³/mol. The molecular formula is C29H33N5O6. The zero-order valence-corrected chi connectivity index (χ0v) is 22.5. The summed E-state index contributed by atoms with van der Waals surface area (Å²) in [6.07, 6.45) is 5.54. The van der Waals surface area contributed by atoms with E-state index >= 15 is 0 Å². The van der Waals surface area contributed by atoms with Gasteiger partial charge in [0.15, 0.2) is 11.4 Å². The van der Waals surface area contributed by atoms with E-state index in [1.165, 1.54) is 0 Å². The van der Waals surface area contributed by atoms with Crippen molar-refractivity contribution in [1.29, 1.82) is 0 Å². The average molecular weight is 548 g/mol. The maximum atomic E-state index is 12.7. The lowest BCUT2D eigenvalue weighted by atomic mass is 9.83. The molecule has 3 heterocycles. The first-order valence-electron chi connectivity index (χ1n) is 13.0. The minimum absolute atomic E-state index is 0.0960. The highest BCUT2D eigenvalue weighted by Crippen LogP contribution is 2.38. The number of nitrogen functional groups attached to an aromatic ring is 1. The Bertz CT molecular complexity index is 1440. The maximum absolute atomic E-state index is 12.7. The molecule has 5 rings (SSSR count). The molecule has 40 heavy (non-hydrogen) atoms. The Balaban J connectivity index is 0.000000867. The minimum Gasteiger partial charge on any atom is -0.450 e. The van der Waals surface area contributed by atoms with Gasteiger partial charge in [0, 0.05) is 35.9 Å². The molecule has 11 heteroatoms. The molecule has 210 valence electrons. The highest BCUT2D eigenvalue weighted by molar-refractivity contribution is 6.00. The molecular weight excluding hydrogens is 514 g/mol. The summed E-state index contributed by atoms with van der Waals surface area (Å²) < 4.78 is 12.6. The summed E-state index contributed by atoms with van der Waals surface area (Å²) in [7, 11) is 1.67. The maximum Gasteiger partial charge on any atom is 0.503 e. The molecule has 0 amide bonds. The number of fused-ring (bicyclic) bond motifs is 1. The number of carboxylic acid groups (broad SMARTS) is 2. The standard InChI is InChI=1S/C28H31N5O3.CH2O3/c1-18(34)25-26(20-8-11-22(12-9-20)36-15-14-35-2)32-28-23(17-31-33(28)27(25)29)21-10-13-24(30-16-21)19-6-4-3-5-7-19;2-1(3)4/h3-7,10,13,16-17,20,22H,8-9,11-12,14-15,29H2,1-2H3;(H2,2,3,4)/t20-,22-;. The van der Waals surface area contributed by atoms with Gasteiger partial charge >= 0.3 is 6.16 Å². The fourth-order valence-electron chi connectivity index (χ4n) is 5.03. The molecule has 4 N–H and O–H groups in total. The van der Waals surface area contributed by atoms with Gasteiger partial charge in [0.25, 0.3) is 0 Å². The third-order valence-electron chi connectivity index (χ3n) is 6.91. The fourth-order valence-corrected chi connectivity index (χ4v) is 5.03. The van der Waals surface area contributed by atoms with E-state index in [1.807, 2.05) is 48.7 Å². The Hall–Kier alpha value is -4.35. The smallest absolute Gasteiger partial charge is 0.450 e. The van der Waals surface area contributed by atoms with Crippen LogP contribution in [-0.2, 0) is 9.47 Å². The number of nitrogens with two attached hydrogens (primary N) is 1. The van der Waals surface area contributed by atoms with Gasteiger partial charge in [-0.05, 0) is 38.7 Å². The van der Waals surface area contributed by atoms with Crippen LogP contribution in [-0.4, -0.2) is 68.2 Å². The van der Waals surface area contributed by atoms with Crippen LogP contribution in [0.25, 0.3) is 28.0 Å². The minimum atomic E-state index is -1.83. The lowest BCUT2D eigenvalue weighted by Crippen LogP contribution is -2.24. The lowest BCUT2D eigenvalue weighted by Gasteiger charge is -2.29. The molecule has 1 aliphatic carbocycles. The molecule has 0 aliphatic heterocycles. The third-order valence-corrected chi connectivity index (χ3v) is 6.91. The first-order valence-corrected chi connectivity index (χ1v) is 13.0. The molecule has 0 atom stereocenters. The van der Waals surface area contributed by atoms with Gasteiger partial charge in [-0.2, -0.15) is 9.61 Å². The van der Waals surface area contributed by atoms with E-state index in [0.29, 0.717) is 30.2 Å². The lowest BCUT2D eigenvalue weighted by molar-refractivity contribution is -0.00298. The SMILES string of the molecule is COCCO[C@H]1CC[C@H](c2nc3c(-c4ccc(-c5ccccc5)nc4)cnn3c(N)c2C(C)=O)CC1.O=C(O)O. The van der Waals surface area contributed by atoms with Gasteiger partial charge in [-0.25, -0.2) is 9.78 Å². The largest absolute Gasteiger partial charge is 0.503 e. The van der Waals surface area contributed by atoms with Crippen molar-refractivity contribution in [3.05, 3.63) is 66.1 Å². The molecule has 11 nitrogen and oxygen atoms in total. The average Bonchev–Trinajstić information content (AvgIpc) is 3.38. The van der Waals surface area contributed by atoms with Crippen LogP contribution >= 0.6 is 0 Å². The van der Waals surface area contributed by atoms with Crippen LogP contribution in [0.15, 0.2) is 54.9 Å². The second-order valence-corrected chi connectivity index (χ2v) is 9.53. The number of carbonyl (C=O) groups excluding carboxylic acids is 1. The number of carbonyl (C=O) groups is 2. The number of hydrogen-bond donors (Lipinski definition) is 3. The second-order valence-electron chi connectivity index (χ2n) is 9.53. The molecule has 0 saturated heterocycles. The topological polar surface area (TPSA) is 162 Å². The normalized spacial score (nSPS) is 16.8. The molecule has 0 spiro atoms. The molecule has 0 unspecified atom stereocenters. The van der Waals surface area contributed by atoms with Crippen molar-refractivity contribution < 1.29 is 29.3 Å². The number of Topliss-reactive ketones (excluding diaryl/α,β-unsaturated/α-hetero) is 1. The Morgan fingerprint density at radius 3 is 2.30 bits per heavy atom. The van der Waals surface area contributed by atoms with E-state index in [2.05, 4.69) is 10.1 Å². The summed E-state index contributed by atoms with van der Waals surface area (Å²) in [6, 6.07) is 14.1. The molecule has 1 aromatic carbocycles. The molecule has 1 saturated carbocycles. The Kier molecular flexibility index (Phi) is 9.41. The van der Waals surface area contributed by atoms with E-state index in [0.717, 1.165) is 53.8 Å². The quantitative estimate of drug-likeness (QED) is 0.198. The van der Waals surface area contributed by atoms with Crippen LogP contribution in [0, 0.1) is 0 Å². The zero-order chi connectivity index (χ0) is 28.6. The number of anilines is 1. The Labute approximate surface area is 231 Å². The van der Waals surface area contributed by atoms with Gasteiger partial charge in [-0.3, -0.25) is 9.78 Å². The summed E-state index contributed by atoms with van der Waals surface area (Å²) in [5, 5.41) is 18.4. The number of ketones is 1. The summed E-state index contributed by atoms with van der Waals surface area (Å²) in [4.78, 5) is 30.9. The second kappa shape index (κ2) is 13.1. The van der Waals surface area contributed by atoms with E-state index in [4.69, 9.17) is 35.2 Å². The van der Waals surface area contributed by atoms with Gasteiger partial charge in [-0.15, -0.1) is 0 Å². The molecule has 3 aromatic heterocycles. The number of nitrogens with zero attached hydrogens (tertiary/aromatic N) is 4. The number of pyridine rings is 1. The highest BCUT2D eigenvalue weighted by Gasteiger charge is 2.29. The molecule has 0 radical (unpaired) electrons. The third kappa shape index (κ3) is 6.61. The number of ether oxygens (including phenoxy) is 2. The van der Waals surface area contributed by atoms with E-state index < -0.39 is 6.16 Å². The Morgan fingerprint density at radius 1 is 1.00 bits per heavy atom. The predicted octanol–water partition coefficient (Wildman–Crippen LogP) is 5.15. The van der Waals surface area contributed by atoms with Gasteiger partial charge < -0.3 is 25.4 Å².